The monoisotopic (exact) mass is 809 g/mol. The van der Waals surface area contributed by atoms with Crippen molar-refractivity contribution in [3.8, 4) is 11.6 Å². The van der Waals surface area contributed by atoms with Crippen molar-refractivity contribution in [1.29, 1.82) is 0 Å². The van der Waals surface area contributed by atoms with Crippen molar-refractivity contribution in [3.05, 3.63) is 43.1 Å². The highest BCUT2D eigenvalue weighted by Gasteiger charge is 2.62. The number of ether oxygens (including phenoxy) is 3. The zero-order valence-corrected chi connectivity index (χ0v) is 35.0. The fourth-order valence-corrected chi connectivity index (χ4v) is 9.77. The largest absolute Gasteiger partial charge is 0.497 e. The smallest absolute Gasteiger partial charge is 0.259 e. The summed E-state index contributed by atoms with van der Waals surface area (Å²) < 4.78 is 45.7. The highest BCUT2D eigenvalue weighted by molar-refractivity contribution is 7.91. The number of nitrogens with zero attached hydrogens (tertiary/aromatic N) is 2. The minimum absolute atomic E-state index is 0.0275. The minimum Gasteiger partial charge on any atom is -0.497 e. The van der Waals surface area contributed by atoms with Crippen molar-refractivity contribution in [2.45, 2.75) is 122 Å². The number of carbonyl (C=O) groups excluding carboxylic acids is 4. The number of nitrogens with one attached hydrogen (secondary N) is 3. The van der Waals surface area contributed by atoms with Crippen LogP contribution in [0.2, 0.25) is 0 Å². The van der Waals surface area contributed by atoms with Crippen molar-refractivity contribution in [2.75, 3.05) is 20.3 Å². The molecule has 0 spiro atoms. The van der Waals surface area contributed by atoms with Crippen LogP contribution >= 0.6 is 0 Å². The molecule has 57 heavy (non-hydrogen) atoms. The second kappa shape index (κ2) is 16.6. The first-order valence-electron chi connectivity index (χ1n) is 20.2. The molecule has 6 rings (SSSR count). The molecule has 1 saturated heterocycles. The van der Waals surface area contributed by atoms with Crippen LogP contribution in [-0.2, 0) is 33.9 Å². The number of sulfonamides is 1. The molecular formula is C42H59N5O9S. The maximum atomic E-state index is 14.7. The van der Waals surface area contributed by atoms with Gasteiger partial charge in [0.05, 0.1) is 25.0 Å². The van der Waals surface area contributed by atoms with Crippen LogP contribution in [0.25, 0.3) is 10.8 Å². The van der Waals surface area contributed by atoms with E-state index in [4.69, 9.17) is 14.2 Å². The number of hydrogen-bond acceptors (Lipinski definition) is 10. The van der Waals surface area contributed by atoms with Gasteiger partial charge in [0.2, 0.25) is 33.6 Å². The van der Waals surface area contributed by atoms with Gasteiger partial charge in [-0.1, -0.05) is 54.0 Å². The lowest BCUT2D eigenvalue weighted by molar-refractivity contribution is -0.146. The fraction of sp³-hybridized carbons (Fsp3) is 0.643. The van der Waals surface area contributed by atoms with Gasteiger partial charge >= 0.3 is 0 Å². The molecule has 2 aromatic rings. The third-order valence-electron chi connectivity index (χ3n) is 12.1. The van der Waals surface area contributed by atoms with Crippen molar-refractivity contribution >= 4 is 44.4 Å². The van der Waals surface area contributed by atoms with E-state index in [0.29, 0.717) is 47.6 Å². The van der Waals surface area contributed by atoms with E-state index < -0.39 is 74.0 Å². The zero-order chi connectivity index (χ0) is 41.4. The lowest BCUT2D eigenvalue weighted by Gasteiger charge is -2.38. The molecule has 1 aromatic carbocycles. The molecule has 3 aliphatic carbocycles. The van der Waals surface area contributed by atoms with E-state index >= 15 is 0 Å². The summed E-state index contributed by atoms with van der Waals surface area (Å²) in [5.74, 6) is -0.764. The lowest BCUT2D eigenvalue weighted by atomic mass is 9.75. The van der Waals surface area contributed by atoms with E-state index in [1.54, 1.807) is 19.4 Å². The molecule has 8 atom stereocenters. The molecule has 4 amide bonds. The van der Waals surface area contributed by atoms with E-state index in [1.165, 1.54) is 11.0 Å². The molecule has 3 saturated carbocycles. The fourth-order valence-electron chi connectivity index (χ4n) is 8.41. The van der Waals surface area contributed by atoms with Gasteiger partial charge in [0, 0.05) is 23.9 Å². The maximum Gasteiger partial charge on any atom is 0.259 e. The Morgan fingerprint density at radius 1 is 1.09 bits per heavy atom. The first kappa shape index (κ1) is 42.4. The summed E-state index contributed by atoms with van der Waals surface area (Å²) in [5, 5.41) is 6.63. The third kappa shape index (κ3) is 9.40. The summed E-state index contributed by atoms with van der Waals surface area (Å²) in [4.78, 5) is 62.2. The quantitative estimate of drug-likeness (QED) is 0.220. The molecule has 4 aliphatic rings. The molecule has 14 nitrogen and oxygen atoms in total. The Balaban J connectivity index is 1.24. The average molecular weight is 810 g/mol. The molecule has 1 aromatic heterocycles. The van der Waals surface area contributed by atoms with Gasteiger partial charge in [-0.05, 0) is 84.9 Å². The molecular weight excluding hydrogens is 751 g/mol. The number of benzene rings is 1. The van der Waals surface area contributed by atoms with E-state index in [1.807, 2.05) is 39.0 Å². The van der Waals surface area contributed by atoms with Crippen LogP contribution in [0.3, 0.4) is 0 Å². The van der Waals surface area contributed by atoms with Gasteiger partial charge < -0.3 is 29.7 Å². The molecule has 0 radical (unpaired) electrons. The van der Waals surface area contributed by atoms with Crippen molar-refractivity contribution in [1.82, 2.24) is 25.2 Å². The molecule has 15 heteroatoms. The van der Waals surface area contributed by atoms with Crippen LogP contribution in [0.1, 0.15) is 86.5 Å². The molecule has 4 fully saturated rings. The Morgan fingerprint density at radius 3 is 2.46 bits per heavy atom. The number of pyridine rings is 1. The highest BCUT2D eigenvalue weighted by atomic mass is 32.2. The van der Waals surface area contributed by atoms with Crippen LogP contribution < -0.4 is 24.8 Å². The Hall–Kier alpha value is -4.24. The van der Waals surface area contributed by atoms with Gasteiger partial charge in [0.25, 0.3) is 5.91 Å². The number of aromatic nitrogens is 1. The summed E-state index contributed by atoms with van der Waals surface area (Å²) in [7, 11) is -2.33. The summed E-state index contributed by atoms with van der Waals surface area (Å²) in [6.07, 6.45) is 6.46. The third-order valence-corrected chi connectivity index (χ3v) is 13.9. The number of rotatable bonds is 15. The van der Waals surface area contributed by atoms with E-state index in [2.05, 4.69) is 47.7 Å². The predicted octanol–water partition coefficient (Wildman–Crippen LogP) is 4.27. The van der Waals surface area contributed by atoms with E-state index in [9.17, 15) is 27.6 Å². The maximum absolute atomic E-state index is 14.7. The van der Waals surface area contributed by atoms with Crippen LogP contribution in [-0.4, -0.2) is 97.3 Å². The topological polar surface area (TPSA) is 182 Å². The van der Waals surface area contributed by atoms with Gasteiger partial charge in [-0.2, -0.15) is 0 Å². The van der Waals surface area contributed by atoms with Gasteiger partial charge in [-0.3, -0.25) is 23.9 Å². The van der Waals surface area contributed by atoms with Crippen LogP contribution in [0, 0.1) is 29.1 Å². The van der Waals surface area contributed by atoms with Gasteiger partial charge in [0.15, 0.2) is 0 Å². The van der Waals surface area contributed by atoms with Crippen LogP contribution in [0.15, 0.2) is 43.1 Å². The first-order valence-corrected chi connectivity index (χ1v) is 21.7. The molecule has 3 N–H and O–H groups in total. The SMILES string of the molecule is C=C[C@@H]1C[C@]1(NC(=O)[C@@H]1C[C@@H](Oc2nccc3cc(OC)ccc23)CN1C(=O)[C@@H](NC(=O)CO[C@@H]1C[C@H](C)CC[C@H]1C(C)C)C(C)(C)C)C(=O)NS(=O)(=O)C1CC1. The normalized spacial score (nSPS) is 28.0. The molecule has 0 bridgehead atoms. The van der Waals surface area contributed by atoms with Crippen LogP contribution in [0.4, 0.5) is 0 Å². The second-order valence-electron chi connectivity index (χ2n) is 17.9. The summed E-state index contributed by atoms with van der Waals surface area (Å²) >= 11 is 0. The number of amides is 4. The van der Waals surface area contributed by atoms with Crippen LogP contribution in [0.5, 0.6) is 11.6 Å². The van der Waals surface area contributed by atoms with Crippen molar-refractivity contribution in [3.63, 3.8) is 0 Å². The Kier molecular flexibility index (Phi) is 12.3. The van der Waals surface area contributed by atoms with Crippen molar-refractivity contribution < 1.29 is 41.8 Å². The number of methoxy groups -OCH3 is 1. The van der Waals surface area contributed by atoms with Crippen molar-refractivity contribution in [2.24, 2.45) is 29.1 Å². The number of hydrogen-bond donors (Lipinski definition) is 3. The standard InChI is InChI=1S/C42H59N5O9S/c1-9-27-21-42(27,40(51)46-57(52,53)30-12-13-30)45-37(49)33-20-29(56-38-32-15-11-28(54-8)19-26(32)16-17-43-38)22-47(33)39(50)36(41(5,6)7)44-35(48)23-55-34-18-25(4)10-14-31(34)24(2)3/h9,11,15-17,19,24-25,27,29-31,33-34,36H,1,10,12-14,18,20-23H2,2-8H3,(H,44,48)(H,45,49)(H,46,51)/t25-,27-,29-,31+,33+,34-,36-,42-/m1/s1. The minimum atomic E-state index is -3.90. The molecule has 312 valence electrons. The van der Waals surface area contributed by atoms with E-state index in [-0.39, 0.29) is 32.1 Å². The molecule has 0 unspecified atom stereocenters. The number of fused-ring (bicyclic) bond motifs is 1. The Labute approximate surface area is 336 Å². The number of likely N-dealkylation sites (tertiary alicyclic amines) is 1. The summed E-state index contributed by atoms with van der Waals surface area (Å²) in [5.41, 5.74) is -2.34. The highest BCUT2D eigenvalue weighted by Crippen LogP contribution is 2.46. The number of carbonyl (C=O) groups is 4. The molecule has 2 heterocycles. The lowest BCUT2D eigenvalue weighted by Crippen LogP contribution is -2.60. The zero-order valence-electron chi connectivity index (χ0n) is 34.2. The first-order chi connectivity index (χ1) is 26.9. The average Bonchev–Trinajstić information content (AvgIpc) is 4.08. The Morgan fingerprint density at radius 2 is 1.82 bits per heavy atom. The second-order valence-corrected chi connectivity index (χ2v) is 19.9. The van der Waals surface area contributed by atoms with Gasteiger partial charge in [0.1, 0.15) is 36.1 Å². The molecule has 1 aliphatic heterocycles. The summed E-state index contributed by atoms with van der Waals surface area (Å²) in [6.45, 7) is 15.6. The van der Waals surface area contributed by atoms with Gasteiger partial charge in [-0.15, -0.1) is 6.58 Å². The van der Waals surface area contributed by atoms with Gasteiger partial charge in [-0.25, -0.2) is 13.4 Å². The predicted molar refractivity (Wildman–Crippen MR) is 215 cm³/mol. The Bertz CT molecular complexity index is 1980. The summed E-state index contributed by atoms with van der Waals surface area (Å²) in [6, 6.07) is 5.09. The van der Waals surface area contributed by atoms with E-state index in [0.717, 1.165) is 24.6 Å².